The molecule has 0 unspecified atom stereocenters. The first-order chi connectivity index (χ1) is 11.8. The summed E-state index contributed by atoms with van der Waals surface area (Å²) in [6.07, 6.45) is 0. The number of hydrogen-bond acceptors (Lipinski definition) is 4. The van der Waals surface area contributed by atoms with Gasteiger partial charge in [0.25, 0.3) is 5.89 Å². The minimum Gasteiger partial charge on any atom is -0.484 e. The molecule has 0 radical (unpaired) electrons. The molecule has 0 bridgehead atoms. The second kappa shape index (κ2) is 6.45. The van der Waals surface area contributed by atoms with Crippen molar-refractivity contribution >= 4 is 26.7 Å². The molecule has 0 atom stereocenters. The Labute approximate surface area is 147 Å². The lowest BCUT2D eigenvalue weighted by Crippen LogP contribution is -1.95. The SMILES string of the molecule is Brc1cccc(-c2noc(COc3ccc4ccccc4c3)n2)c1. The number of aromatic nitrogens is 2. The Morgan fingerprint density at radius 3 is 2.67 bits per heavy atom. The first-order valence-electron chi connectivity index (χ1n) is 7.48. The second-order valence-electron chi connectivity index (χ2n) is 5.32. The predicted octanol–water partition coefficient (Wildman–Crippen LogP) is 5.23. The van der Waals surface area contributed by atoms with Crippen LogP contribution < -0.4 is 4.74 Å². The molecule has 3 aromatic carbocycles. The van der Waals surface area contributed by atoms with Crippen LogP contribution >= 0.6 is 15.9 Å². The van der Waals surface area contributed by atoms with Gasteiger partial charge in [0.15, 0.2) is 6.61 Å². The molecule has 1 heterocycles. The molecule has 24 heavy (non-hydrogen) atoms. The van der Waals surface area contributed by atoms with Gasteiger partial charge in [-0.2, -0.15) is 4.98 Å². The number of nitrogens with zero attached hydrogens (tertiary/aromatic N) is 2. The van der Waals surface area contributed by atoms with Gasteiger partial charge in [-0.1, -0.05) is 63.6 Å². The van der Waals surface area contributed by atoms with Crippen molar-refractivity contribution in [1.82, 2.24) is 10.1 Å². The average molecular weight is 381 g/mol. The third kappa shape index (κ3) is 3.16. The van der Waals surface area contributed by atoms with Gasteiger partial charge in [-0.3, -0.25) is 0 Å². The highest BCUT2D eigenvalue weighted by Gasteiger charge is 2.09. The molecule has 5 heteroatoms. The molecule has 118 valence electrons. The van der Waals surface area contributed by atoms with E-state index in [1.54, 1.807) is 0 Å². The van der Waals surface area contributed by atoms with Crippen molar-refractivity contribution in [2.24, 2.45) is 0 Å². The molecule has 0 aliphatic heterocycles. The van der Waals surface area contributed by atoms with Gasteiger partial charge in [0.2, 0.25) is 5.82 Å². The van der Waals surface area contributed by atoms with E-state index in [2.05, 4.69) is 38.2 Å². The van der Waals surface area contributed by atoms with Crippen molar-refractivity contribution in [1.29, 1.82) is 0 Å². The largest absolute Gasteiger partial charge is 0.484 e. The van der Waals surface area contributed by atoms with Gasteiger partial charge in [-0.25, -0.2) is 0 Å². The van der Waals surface area contributed by atoms with Crippen molar-refractivity contribution in [3.63, 3.8) is 0 Å². The minimum absolute atomic E-state index is 0.235. The fraction of sp³-hybridized carbons (Fsp3) is 0.0526. The van der Waals surface area contributed by atoms with Crippen LogP contribution in [0.1, 0.15) is 5.89 Å². The third-order valence-electron chi connectivity index (χ3n) is 3.63. The van der Waals surface area contributed by atoms with Crippen LogP contribution in [0.5, 0.6) is 5.75 Å². The summed E-state index contributed by atoms with van der Waals surface area (Å²) in [6, 6.07) is 21.9. The van der Waals surface area contributed by atoms with Crippen molar-refractivity contribution in [2.75, 3.05) is 0 Å². The zero-order valence-electron chi connectivity index (χ0n) is 12.6. The number of ether oxygens (including phenoxy) is 1. The predicted molar refractivity (Wildman–Crippen MR) is 95.7 cm³/mol. The number of hydrogen-bond donors (Lipinski definition) is 0. The molecule has 0 fully saturated rings. The second-order valence-corrected chi connectivity index (χ2v) is 6.24. The molecule has 4 nitrogen and oxygen atoms in total. The first kappa shape index (κ1) is 14.9. The van der Waals surface area contributed by atoms with Crippen molar-refractivity contribution in [3.05, 3.63) is 77.1 Å². The van der Waals surface area contributed by atoms with E-state index in [0.717, 1.165) is 21.2 Å². The van der Waals surface area contributed by atoms with E-state index in [4.69, 9.17) is 9.26 Å². The maximum absolute atomic E-state index is 5.77. The standard InChI is InChI=1S/C19H13BrN2O2/c20-16-7-3-6-15(10-16)19-21-18(24-22-19)12-23-17-9-8-13-4-1-2-5-14(13)11-17/h1-11H,12H2. The summed E-state index contributed by atoms with van der Waals surface area (Å²) < 4.78 is 12.0. The van der Waals surface area contributed by atoms with Crippen molar-refractivity contribution < 1.29 is 9.26 Å². The van der Waals surface area contributed by atoms with Crippen LogP contribution in [0.2, 0.25) is 0 Å². The third-order valence-corrected chi connectivity index (χ3v) is 4.13. The highest BCUT2D eigenvalue weighted by molar-refractivity contribution is 9.10. The molecule has 0 aliphatic rings. The number of halogens is 1. The van der Waals surface area contributed by atoms with Gasteiger partial charge < -0.3 is 9.26 Å². The topological polar surface area (TPSA) is 48.2 Å². The molecular formula is C19H13BrN2O2. The quantitative estimate of drug-likeness (QED) is 0.486. The highest BCUT2D eigenvalue weighted by Crippen LogP contribution is 2.23. The number of rotatable bonds is 4. The Hall–Kier alpha value is -2.66. The average Bonchev–Trinajstić information content (AvgIpc) is 3.09. The lowest BCUT2D eigenvalue weighted by Gasteiger charge is -2.04. The van der Waals surface area contributed by atoms with E-state index in [1.807, 2.05) is 54.6 Å². The summed E-state index contributed by atoms with van der Waals surface area (Å²) >= 11 is 3.44. The zero-order valence-corrected chi connectivity index (χ0v) is 14.2. The van der Waals surface area contributed by atoms with Gasteiger partial charge in [0.05, 0.1) is 0 Å². The molecule has 1 aromatic heterocycles. The van der Waals surface area contributed by atoms with Crippen LogP contribution in [0.25, 0.3) is 22.2 Å². The first-order valence-corrected chi connectivity index (χ1v) is 8.27. The normalized spacial score (nSPS) is 10.9. The molecule has 0 saturated carbocycles. The maximum atomic E-state index is 5.77. The molecule has 4 aromatic rings. The Kier molecular flexibility index (Phi) is 4.01. The Balaban J connectivity index is 1.49. The van der Waals surface area contributed by atoms with Gasteiger partial charge >= 0.3 is 0 Å². The monoisotopic (exact) mass is 380 g/mol. The molecule has 0 N–H and O–H groups in total. The van der Waals surface area contributed by atoms with Crippen LogP contribution in [0.3, 0.4) is 0 Å². The van der Waals surface area contributed by atoms with E-state index in [0.29, 0.717) is 11.7 Å². The summed E-state index contributed by atoms with van der Waals surface area (Å²) in [5.74, 6) is 1.77. The lowest BCUT2D eigenvalue weighted by atomic mass is 10.1. The van der Waals surface area contributed by atoms with Gasteiger partial charge in [-0.15, -0.1) is 0 Å². The minimum atomic E-state index is 0.235. The van der Waals surface area contributed by atoms with Crippen LogP contribution in [-0.4, -0.2) is 10.1 Å². The lowest BCUT2D eigenvalue weighted by molar-refractivity contribution is 0.243. The molecule has 0 saturated heterocycles. The fourth-order valence-corrected chi connectivity index (χ4v) is 2.86. The molecule has 0 spiro atoms. The zero-order chi connectivity index (χ0) is 16.4. The van der Waals surface area contributed by atoms with Crippen LogP contribution in [0, 0.1) is 0 Å². The highest BCUT2D eigenvalue weighted by atomic mass is 79.9. The van der Waals surface area contributed by atoms with Gasteiger partial charge in [0, 0.05) is 10.0 Å². The number of benzene rings is 3. The van der Waals surface area contributed by atoms with Crippen molar-refractivity contribution in [2.45, 2.75) is 6.61 Å². The van der Waals surface area contributed by atoms with Gasteiger partial charge in [0.1, 0.15) is 5.75 Å². The van der Waals surface area contributed by atoms with E-state index in [9.17, 15) is 0 Å². The van der Waals surface area contributed by atoms with Gasteiger partial charge in [-0.05, 0) is 35.0 Å². The summed E-state index contributed by atoms with van der Waals surface area (Å²) in [5.41, 5.74) is 0.894. The van der Waals surface area contributed by atoms with Crippen molar-refractivity contribution in [3.8, 4) is 17.1 Å². The van der Waals surface area contributed by atoms with E-state index in [-0.39, 0.29) is 6.61 Å². The van der Waals surface area contributed by atoms with Crippen LogP contribution in [0.15, 0.2) is 75.7 Å². The van der Waals surface area contributed by atoms with E-state index in [1.165, 1.54) is 5.39 Å². The number of fused-ring (bicyclic) bond motifs is 1. The Morgan fingerprint density at radius 1 is 0.917 bits per heavy atom. The van der Waals surface area contributed by atoms with E-state index >= 15 is 0 Å². The molecule has 0 aliphatic carbocycles. The molecule has 4 rings (SSSR count). The summed E-state index contributed by atoms with van der Waals surface area (Å²) in [5, 5.41) is 6.32. The summed E-state index contributed by atoms with van der Waals surface area (Å²) in [7, 11) is 0. The molecular weight excluding hydrogens is 368 g/mol. The maximum Gasteiger partial charge on any atom is 0.264 e. The van der Waals surface area contributed by atoms with Crippen LogP contribution in [0.4, 0.5) is 0 Å². The summed E-state index contributed by atoms with van der Waals surface area (Å²) in [4.78, 5) is 4.38. The smallest absolute Gasteiger partial charge is 0.264 e. The molecule has 0 amide bonds. The Bertz CT molecular complexity index is 997. The van der Waals surface area contributed by atoms with Crippen LogP contribution in [-0.2, 0) is 6.61 Å². The summed E-state index contributed by atoms with van der Waals surface area (Å²) in [6.45, 7) is 0.235. The fourth-order valence-electron chi connectivity index (χ4n) is 2.46. The Morgan fingerprint density at radius 2 is 1.79 bits per heavy atom. The van der Waals surface area contributed by atoms with E-state index < -0.39 is 0 Å².